The molecule has 8 heteroatoms. The van der Waals surface area contributed by atoms with Crippen LogP contribution in [0, 0.1) is 11.6 Å². The molecule has 1 saturated heterocycles. The molecular formula is C16H18Cl2F2N2OS. The van der Waals surface area contributed by atoms with Gasteiger partial charge < -0.3 is 10.1 Å². The van der Waals surface area contributed by atoms with E-state index in [1.54, 1.807) is 6.07 Å². The molecule has 1 aliphatic heterocycles. The Bertz CT molecular complexity index is 693. The average Bonchev–Trinajstić information content (AvgIpc) is 2.98. The highest BCUT2D eigenvalue weighted by molar-refractivity contribution is 7.16. The maximum absolute atomic E-state index is 14.8. The molecule has 1 fully saturated rings. The molecule has 1 atom stereocenters. The van der Waals surface area contributed by atoms with E-state index in [9.17, 15) is 8.78 Å². The van der Waals surface area contributed by atoms with Crippen molar-refractivity contribution in [1.29, 1.82) is 0 Å². The summed E-state index contributed by atoms with van der Waals surface area (Å²) in [6.45, 7) is 2.97. The molecule has 0 saturated carbocycles. The van der Waals surface area contributed by atoms with E-state index in [1.165, 1.54) is 30.6 Å². The first-order valence-electron chi connectivity index (χ1n) is 7.33. The van der Waals surface area contributed by atoms with Gasteiger partial charge in [-0.15, -0.1) is 23.7 Å². The molecule has 3 nitrogen and oxygen atoms in total. The molecule has 2 aromatic rings. The van der Waals surface area contributed by atoms with Gasteiger partial charge in [-0.1, -0.05) is 11.6 Å². The number of thiophene rings is 1. The Morgan fingerprint density at radius 1 is 1.21 bits per heavy atom. The van der Waals surface area contributed by atoms with E-state index in [-0.39, 0.29) is 23.7 Å². The predicted molar refractivity (Wildman–Crippen MR) is 95.8 cm³/mol. The number of rotatable bonds is 4. The first-order chi connectivity index (χ1) is 11.1. The molecule has 1 N–H and O–H groups in total. The summed E-state index contributed by atoms with van der Waals surface area (Å²) in [4.78, 5) is 2.89. The fourth-order valence-corrected chi connectivity index (χ4v) is 4.08. The zero-order valence-corrected chi connectivity index (χ0v) is 15.4. The van der Waals surface area contributed by atoms with Crippen molar-refractivity contribution in [2.24, 2.45) is 0 Å². The molecular weight excluding hydrogens is 377 g/mol. The van der Waals surface area contributed by atoms with Gasteiger partial charge in [0.2, 0.25) is 0 Å². The van der Waals surface area contributed by atoms with Gasteiger partial charge in [0.25, 0.3) is 0 Å². The Labute approximate surface area is 155 Å². The molecule has 0 amide bonds. The number of hydrogen-bond acceptors (Lipinski definition) is 4. The van der Waals surface area contributed by atoms with Crippen LogP contribution in [-0.4, -0.2) is 38.2 Å². The third-order valence-corrected chi connectivity index (χ3v) is 5.25. The number of piperazine rings is 1. The van der Waals surface area contributed by atoms with Crippen LogP contribution in [0.2, 0.25) is 4.34 Å². The van der Waals surface area contributed by atoms with Crippen LogP contribution in [0.25, 0.3) is 0 Å². The Morgan fingerprint density at radius 3 is 2.50 bits per heavy atom. The molecule has 1 aliphatic rings. The summed E-state index contributed by atoms with van der Waals surface area (Å²) in [5.74, 6) is -1.18. The van der Waals surface area contributed by atoms with Crippen LogP contribution in [0.1, 0.15) is 16.5 Å². The van der Waals surface area contributed by atoms with Gasteiger partial charge in [-0.25, -0.2) is 8.78 Å². The lowest BCUT2D eigenvalue weighted by Crippen LogP contribution is -2.45. The van der Waals surface area contributed by atoms with Crippen molar-refractivity contribution in [3.05, 3.63) is 50.7 Å². The van der Waals surface area contributed by atoms with E-state index in [2.05, 4.69) is 10.2 Å². The number of ether oxygens (including phenoxy) is 1. The van der Waals surface area contributed by atoms with Gasteiger partial charge in [0.15, 0.2) is 11.6 Å². The standard InChI is InChI=1S/C16H17ClF2N2OS.ClH/c1-22-11-3-2-10(18)14(15(11)19)16(12-4-5-13(17)23-12)21-8-6-20-7-9-21;/h2-5,16,20H,6-9H2,1H3;1H/t16-;/m0./s1. The second-order valence-corrected chi connectivity index (χ2v) is 7.05. The van der Waals surface area contributed by atoms with Crippen LogP contribution in [-0.2, 0) is 0 Å². The average molecular weight is 395 g/mol. The quantitative estimate of drug-likeness (QED) is 0.844. The van der Waals surface area contributed by atoms with Crippen molar-refractivity contribution in [3.8, 4) is 5.75 Å². The molecule has 1 aromatic heterocycles. The first kappa shape index (κ1) is 19.4. The maximum Gasteiger partial charge on any atom is 0.173 e. The third-order valence-electron chi connectivity index (χ3n) is 3.96. The van der Waals surface area contributed by atoms with Gasteiger partial charge in [0, 0.05) is 36.6 Å². The maximum atomic E-state index is 14.8. The van der Waals surface area contributed by atoms with Crippen LogP contribution in [0.5, 0.6) is 5.75 Å². The van der Waals surface area contributed by atoms with E-state index >= 15 is 0 Å². The monoisotopic (exact) mass is 394 g/mol. The third kappa shape index (κ3) is 3.83. The molecule has 0 radical (unpaired) electrons. The Kier molecular flexibility index (Phi) is 6.83. The van der Waals surface area contributed by atoms with E-state index in [1.807, 2.05) is 6.07 Å². The number of hydrogen-bond donors (Lipinski definition) is 1. The van der Waals surface area contributed by atoms with Crippen molar-refractivity contribution < 1.29 is 13.5 Å². The molecule has 132 valence electrons. The Balaban J connectivity index is 0.00000208. The number of nitrogens with one attached hydrogen (secondary N) is 1. The SMILES string of the molecule is COc1ccc(F)c([C@H](c2ccc(Cl)s2)N2CCNCC2)c1F.Cl. The van der Waals surface area contributed by atoms with Crippen molar-refractivity contribution in [2.75, 3.05) is 33.3 Å². The minimum absolute atomic E-state index is 0. The Morgan fingerprint density at radius 2 is 1.92 bits per heavy atom. The number of halogens is 4. The molecule has 1 aromatic carbocycles. The van der Waals surface area contributed by atoms with E-state index in [4.69, 9.17) is 16.3 Å². The van der Waals surface area contributed by atoms with Crippen LogP contribution in [0.3, 0.4) is 0 Å². The van der Waals surface area contributed by atoms with E-state index < -0.39 is 17.7 Å². The van der Waals surface area contributed by atoms with Gasteiger partial charge in [-0.3, -0.25) is 4.90 Å². The zero-order valence-electron chi connectivity index (χ0n) is 13.0. The fourth-order valence-electron chi connectivity index (χ4n) is 2.88. The van der Waals surface area contributed by atoms with Gasteiger partial charge in [-0.05, 0) is 24.3 Å². The second-order valence-electron chi connectivity index (χ2n) is 5.31. The minimum atomic E-state index is -0.652. The molecule has 0 aliphatic carbocycles. The van der Waals surface area contributed by atoms with Crippen molar-refractivity contribution in [2.45, 2.75) is 6.04 Å². The van der Waals surface area contributed by atoms with Gasteiger partial charge in [0.05, 0.1) is 17.5 Å². The van der Waals surface area contributed by atoms with E-state index in [0.717, 1.165) is 18.0 Å². The van der Waals surface area contributed by atoms with Crippen molar-refractivity contribution in [1.82, 2.24) is 10.2 Å². The summed E-state index contributed by atoms with van der Waals surface area (Å²) in [5.41, 5.74) is 0.0183. The summed E-state index contributed by atoms with van der Waals surface area (Å²) >= 11 is 7.39. The highest BCUT2D eigenvalue weighted by Gasteiger charge is 2.31. The highest BCUT2D eigenvalue weighted by Crippen LogP contribution is 2.39. The molecule has 2 heterocycles. The first-order valence-corrected chi connectivity index (χ1v) is 8.53. The van der Waals surface area contributed by atoms with Crippen molar-refractivity contribution >= 4 is 35.3 Å². The summed E-state index contributed by atoms with van der Waals surface area (Å²) < 4.78 is 34.9. The second kappa shape index (κ2) is 8.45. The fraction of sp³-hybridized carbons (Fsp3) is 0.375. The van der Waals surface area contributed by atoms with Crippen molar-refractivity contribution in [3.63, 3.8) is 0 Å². The van der Waals surface area contributed by atoms with Gasteiger partial charge in [0.1, 0.15) is 5.82 Å². The minimum Gasteiger partial charge on any atom is -0.494 e. The summed E-state index contributed by atoms with van der Waals surface area (Å²) in [7, 11) is 1.38. The molecule has 0 unspecified atom stereocenters. The van der Waals surface area contributed by atoms with Gasteiger partial charge in [-0.2, -0.15) is 0 Å². The lowest BCUT2D eigenvalue weighted by Gasteiger charge is -2.35. The smallest absolute Gasteiger partial charge is 0.173 e. The van der Waals surface area contributed by atoms with Crippen LogP contribution in [0.15, 0.2) is 24.3 Å². The molecule has 0 bridgehead atoms. The largest absolute Gasteiger partial charge is 0.494 e. The molecule has 3 rings (SSSR count). The topological polar surface area (TPSA) is 24.5 Å². The zero-order chi connectivity index (χ0) is 16.4. The molecule has 0 spiro atoms. The van der Waals surface area contributed by atoms with Crippen LogP contribution >= 0.6 is 35.3 Å². The lowest BCUT2D eigenvalue weighted by molar-refractivity contribution is 0.193. The highest BCUT2D eigenvalue weighted by atomic mass is 35.5. The summed E-state index contributed by atoms with van der Waals surface area (Å²) in [6.07, 6.45) is 0. The summed E-state index contributed by atoms with van der Waals surface area (Å²) in [6, 6.07) is 5.64. The summed E-state index contributed by atoms with van der Waals surface area (Å²) in [5, 5.41) is 3.25. The van der Waals surface area contributed by atoms with E-state index in [0.29, 0.717) is 17.4 Å². The normalized spacial score (nSPS) is 16.5. The number of nitrogens with zero attached hydrogens (tertiary/aromatic N) is 1. The Hall–Kier alpha value is -0.920. The van der Waals surface area contributed by atoms with Crippen LogP contribution in [0.4, 0.5) is 8.78 Å². The number of benzene rings is 1. The predicted octanol–water partition coefficient (Wildman–Crippen LogP) is 4.10. The lowest BCUT2D eigenvalue weighted by atomic mass is 10.0. The van der Waals surface area contributed by atoms with Gasteiger partial charge >= 0.3 is 0 Å². The molecule has 24 heavy (non-hydrogen) atoms. The number of methoxy groups -OCH3 is 1. The van der Waals surface area contributed by atoms with Crippen LogP contribution < -0.4 is 10.1 Å².